The molecular formula is C20H20ClN3O3S2. The van der Waals surface area contributed by atoms with Crippen LogP contribution in [0.5, 0.6) is 0 Å². The van der Waals surface area contributed by atoms with Crippen LogP contribution in [0.3, 0.4) is 0 Å². The van der Waals surface area contributed by atoms with Gasteiger partial charge >= 0.3 is 0 Å². The van der Waals surface area contributed by atoms with Gasteiger partial charge in [0.1, 0.15) is 0 Å². The molecule has 0 N–H and O–H groups in total. The van der Waals surface area contributed by atoms with Crippen LogP contribution in [-0.4, -0.2) is 36.3 Å². The second-order valence-corrected chi connectivity index (χ2v) is 10.3. The summed E-state index contributed by atoms with van der Waals surface area (Å²) in [5.41, 5.74) is 0.836. The van der Waals surface area contributed by atoms with E-state index < -0.39 is 15.9 Å². The molecule has 2 heterocycles. The molecule has 0 aliphatic carbocycles. The fourth-order valence-corrected chi connectivity index (χ4v) is 6.51. The molecule has 0 spiro atoms. The first-order chi connectivity index (χ1) is 13.9. The summed E-state index contributed by atoms with van der Waals surface area (Å²) >= 11 is 7.67. The van der Waals surface area contributed by atoms with E-state index in [2.05, 4.69) is 4.99 Å². The molecule has 1 saturated heterocycles. The van der Waals surface area contributed by atoms with Crippen molar-refractivity contribution in [2.24, 2.45) is 18.0 Å². The van der Waals surface area contributed by atoms with Crippen molar-refractivity contribution >= 4 is 49.1 Å². The normalized spacial score (nSPS) is 19.0. The van der Waals surface area contributed by atoms with Crippen molar-refractivity contribution in [1.82, 2.24) is 8.87 Å². The van der Waals surface area contributed by atoms with Gasteiger partial charge in [-0.3, -0.25) is 4.79 Å². The average molecular weight is 450 g/mol. The molecule has 0 radical (unpaired) electrons. The van der Waals surface area contributed by atoms with Gasteiger partial charge < -0.3 is 4.57 Å². The molecule has 3 aromatic rings. The zero-order chi connectivity index (χ0) is 20.6. The standard InChI is InChI=1S/C20H20ClN3O3S2/c1-23-18-16(21)10-5-11-17(18)28-20(23)22-19(25)14-7-6-12-24(13-14)29(26,27)15-8-3-2-4-9-15/h2-5,8-11,14H,6-7,12-13H2,1H3. The number of hydrogen-bond acceptors (Lipinski definition) is 4. The summed E-state index contributed by atoms with van der Waals surface area (Å²) in [5.74, 6) is -0.751. The number of para-hydroxylation sites is 1. The lowest BCUT2D eigenvalue weighted by atomic mass is 9.99. The number of sulfonamides is 1. The number of benzene rings is 2. The quantitative estimate of drug-likeness (QED) is 0.615. The number of aryl methyl sites for hydroxylation is 1. The van der Waals surface area contributed by atoms with Gasteiger partial charge in [0.2, 0.25) is 10.0 Å². The maximum atomic E-state index is 12.9. The fourth-order valence-electron chi connectivity index (χ4n) is 3.55. The van der Waals surface area contributed by atoms with E-state index in [1.165, 1.54) is 15.6 Å². The van der Waals surface area contributed by atoms with Crippen LogP contribution >= 0.6 is 22.9 Å². The van der Waals surface area contributed by atoms with Gasteiger partial charge in [0, 0.05) is 20.1 Å². The van der Waals surface area contributed by atoms with Crippen LogP contribution < -0.4 is 4.80 Å². The topological polar surface area (TPSA) is 71.7 Å². The first-order valence-corrected chi connectivity index (χ1v) is 11.9. The van der Waals surface area contributed by atoms with E-state index in [9.17, 15) is 13.2 Å². The van der Waals surface area contributed by atoms with Crippen LogP contribution in [0, 0.1) is 5.92 Å². The highest BCUT2D eigenvalue weighted by atomic mass is 35.5. The minimum atomic E-state index is -3.62. The van der Waals surface area contributed by atoms with Crippen molar-refractivity contribution in [3.63, 3.8) is 0 Å². The van der Waals surface area contributed by atoms with Gasteiger partial charge in [0.25, 0.3) is 5.91 Å². The van der Waals surface area contributed by atoms with Crippen molar-refractivity contribution < 1.29 is 13.2 Å². The second kappa shape index (κ2) is 8.02. The average Bonchev–Trinajstić information content (AvgIpc) is 3.05. The highest BCUT2D eigenvalue weighted by molar-refractivity contribution is 7.89. The summed E-state index contributed by atoms with van der Waals surface area (Å²) in [5, 5.41) is 0.605. The van der Waals surface area contributed by atoms with Crippen molar-refractivity contribution in [3.8, 4) is 0 Å². The highest BCUT2D eigenvalue weighted by Gasteiger charge is 2.33. The van der Waals surface area contributed by atoms with Crippen molar-refractivity contribution in [3.05, 3.63) is 58.4 Å². The van der Waals surface area contributed by atoms with Gasteiger partial charge in [-0.1, -0.05) is 47.2 Å². The molecule has 4 rings (SSSR count). The van der Waals surface area contributed by atoms with E-state index in [0.717, 1.165) is 10.2 Å². The Balaban J connectivity index is 1.61. The summed E-state index contributed by atoms with van der Waals surface area (Å²) in [6.45, 7) is 0.558. The molecule has 1 aliphatic rings. The number of carbonyl (C=O) groups is 1. The van der Waals surface area contributed by atoms with Gasteiger partial charge in [0.15, 0.2) is 4.80 Å². The van der Waals surface area contributed by atoms with Gasteiger partial charge in [-0.25, -0.2) is 8.42 Å². The minimum Gasteiger partial charge on any atom is -0.318 e. The van der Waals surface area contributed by atoms with Crippen molar-refractivity contribution in [1.29, 1.82) is 0 Å². The SMILES string of the molecule is Cn1c(=NC(=O)C2CCCN(S(=O)(=O)c3ccccc3)C2)sc2cccc(Cl)c21. The molecule has 2 aromatic carbocycles. The first-order valence-electron chi connectivity index (χ1n) is 9.26. The number of rotatable bonds is 3. The largest absolute Gasteiger partial charge is 0.318 e. The van der Waals surface area contributed by atoms with Crippen LogP contribution in [0.4, 0.5) is 0 Å². The minimum absolute atomic E-state index is 0.148. The zero-order valence-electron chi connectivity index (χ0n) is 15.8. The van der Waals surface area contributed by atoms with Crippen molar-refractivity contribution in [2.75, 3.05) is 13.1 Å². The van der Waals surface area contributed by atoms with Gasteiger partial charge in [0.05, 0.1) is 26.1 Å². The van der Waals surface area contributed by atoms with E-state index >= 15 is 0 Å². The summed E-state index contributed by atoms with van der Waals surface area (Å²) in [4.78, 5) is 18.0. The van der Waals surface area contributed by atoms with E-state index in [-0.39, 0.29) is 17.3 Å². The van der Waals surface area contributed by atoms with Crippen LogP contribution in [-0.2, 0) is 21.9 Å². The lowest BCUT2D eigenvalue weighted by molar-refractivity contribution is -0.122. The Morgan fingerprint density at radius 1 is 1.17 bits per heavy atom. The molecule has 9 heteroatoms. The number of carbonyl (C=O) groups excluding carboxylic acids is 1. The zero-order valence-corrected chi connectivity index (χ0v) is 18.2. The molecule has 1 aliphatic heterocycles. The van der Waals surface area contributed by atoms with E-state index in [4.69, 9.17) is 11.6 Å². The molecule has 1 unspecified atom stereocenters. The molecule has 6 nitrogen and oxygen atoms in total. The molecule has 1 atom stereocenters. The fraction of sp³-hybridized carbons (Fsp3) is 0.300. The number of aromatic nitrogens is 1. The molecule has 152 valence electrons. The number of nitrogens with zero attached hydrogens (tertiary/aromatic N) is 3. The lowest BCUT2D eigenvalue weighted by Gasteiger charge is -2.30. The molecule has 0 saturated carbocycles. The van der Waals surface area contributed by atoms with Crippen LogP contribution in [0.2, 0.25) is 5.02 Å². The summed E-state index contributed by atoms with van der Waals surface area (Å²) < 4.78 is 29.9. The van der Waals surface area contributed by atoms with Crippen LogP contribution in [0.15, 0.2) is 58.4 Å². The summed E-state index contributed by atoms with van der Waals surface area (Å²) in [7, 11) is -1.79. The smallest absolute Gasteiger partial charge is 0.252 e. The molecule has 1 aromatic heterocycles. The number of fused-ring (bicyclic) bond motifs is 1. The number of halogens is 1. The molecular weight excluding hydrogens is 430 g/mol. The van der Waals surface area contributed by atoms with Gasteiger partial charge in [-0.05, 0) is 37.1 Å². The Kier molecular flexibility index (Phi) is 5.61. The number of hydrogen-bond donors (Lipinski definition) is 0. The molecule has 29 heavy (non-hydrogen) atoms. The van der Waals surface area contributed by atoms with Crippen LogP contribution in [0.25, 0.3) is 10.2 Å². The Labute approximate surface area is 178 Å². The number of amides is 1. The highest BCUT2D eigenvalue weighted by Crippen LogP contribution is 2.26. The van der Waals surface area contributed by atoms with E-state index in [1.807, 2.05) is 23.7 Å². The number of thiazole rings is 1. The number of piperidine rings is 1. The Morgan fingerprint density at radius 2 is 1.93 bits per heavy atom. The maximum Gasteiger partial charge on any atom is 0.252 e. The van der Waals surface area contributed by atoms with E-state index in [1.54, 1.807) is 36.4 Å². The summed E-state index contributed by atoms with van der Waals surface area (Å²) in [6, 6.07) is 13.9. The summed E-state index contributed by atoms with van der Waals surface area (Å²) in [6.07, 6.45) is 1.25. The maximum absolute atomic E-state index is 12.9. The third kappa shape index (κ3) is 3.90. The first kappa shape index (κ1) is 20.3. The second-order valence-electron chi connectivity index (χ2n) is 7.00. The Hall–Kier alpha value is -2.00. The molecule has 1 amide bonds. The molecule has 1 fully saturated rings. The third-order valence-electron chi connectivity index (χ3n) is 5.09. The predicted octanol–water partition coefficient (Wildman–Crippen LogP) is 3.42. The monoisotopic (exact) mass is 449 g/mol. The van der Waals surface area contributed by atoms with Gasteiger partial charge in [-0.2, -0.15) is 9.30 Å². The predicted molar refractivity (Wildman–Crippen MR) is 114 cm³/mol. The van der Waals surface area contributed by atoms with E-state index in [0.29, 0.717) is 29.2 Å². The lowest BCUT2D eigenvalue weighted by Crippen LogP contribution is -2.42. The van der Waals surface area contributed by atoms with Gasteiger partial charge in [-0.15, -0.1) is 0 Å². The van der Waals surface area contributed by atoms with Crippen LogP contribution in [0.1, 0.15) is 12.8 Å². The Bertz CT molecular complexity index is 1230. The van der Waals surface area contributed by atoms with Crippen molar-refractivity contribution in [2.45, 2.75) is 17.7 Å². The molecule has 0 bridgehead atoms. The Morgan fingerprint density at radius 3 is 2.66 bits per heavy atom. The third-order valence-corrected chi connectivity index (χ3v) is 8.37.